The molecular weight excluding hydrogens is 293 g/mol. The second kappa shape index (κ2) is 8.35. The molecule has 1 aromatic rings. The van der Waals surface area contributed by atoms with E-state index in [1.165, 1.54) is 16.7 Å². The maximum atomic E-state index is 14.3. The van der Waals surface area contributed by atoms with Gasteiger partial charge in [0.25, 0.3) is 0 Å². The fourth-order valence-corrected chi connectivity index (χ4v) is 3.22. The highest BCUT2D eigenvalue weighted by molar-refractivity contribution is 7.98. The molecule has 22 heavy (non-hydrogen) atoms. The molecule has 1 rings (SSSR count). The van der Waals surface area contributed by atoms with Gasteiger partial charge in [-0.3, -0.25) is 0 Å². The standard InChI is InChI=1S/C19H32FNS/c1-8-16-13-17(19(4,5)20)11-14(2)18(16)12-15(3)21(6)9-10-22-7/h11,13,15H,8-10,12H2,1-7H3. The van der Waals surface area contributed by atoms with Crippen molar-refractivity contribution in [2.24, 2.45) is 0 Å². The van der Waals surface area contributed by atoms with Crippen molar-refractivity contribution in [2.75, 3.05) is 25.6 Å². The van der Waals surface area contributed by atoms with Crippen molar-refractivity contribution in [3.8, 4) is 0 Å². The van der Waals surface area contributed by atoms with Crippen LogP contribution < -0.4 is 0 Å². The van der Waals surface area contributed by atoms with Crippen LogP contribution in [0.5, 0.6) is 0 Å². The maximum Gasteiger partial charge on any atom is 0.130 e. The Morgan fingerprint density at radius 3 is 2.45 bits per heavy atom. The molecule has 0 bridgehead atoms. The molecule has 1 nitrogen and oxygen atoms in total. The largest absolute Gasteiger partial charge is 0.303 e. The first-order valence-electron chi connectivity index (χ1n) is 8.21. The third kappa shape index (κ3) is 5.27. The van der Waals surface area contributed by atoms with Gasteiger partial charge in [-0.2, -0.15) is 11.8 Å². The van der Waals surface area contributed by atoms with Crippen LogP contribution in [-0.4, -0.2) is 36.5 Å². The van der Waals surface area contributed by atoms with Crippen molar-refractivity contribution in [1.82, 2.24) is 4.90 Å². The van der Waals surface area contributed by atoms with Gasteiger partial charge in [-0.05, 0) is 76.1 Å². The molecule has 0 radical (unpaired) electrons. The van der Waals surface area contributed by atoms with E-state index in [2.05, 4.69) is 45.0 Å². The molecular formula is C19H32FNS. The Morgan fingerprint density at radius 1 is 1.32 bits per heavy atom. The van der Waals surface area contributed by atoms with E-state index in [0.717, 1.165) is 30.7 Å². The second-order valence-corrected chi connectivity index (χ2v) is 7.77. The van der Waals surface area contributed by atoms with Gasteiger partial charge in [0, 0.05) is 18.3 Å². The molecule has 1 aromatic carbocycles. The zero-order valence-electron chi connectivity index (χ0n) is 15.3. The minimum atomic E-state index is -1.27. The molecule has 0 saturated heterocycles. The van der Waals surface area contributed by atoms with Gasteiger partial charge in [-0.25, -0.2) is 4.39 Å². The lowest BCUT2D eigenvalue weighted by Crippen LogP contribution is -2.33. The van der Waals surface area contributed by atoms with E-state index in [4.69, 9.17) is 0 Å². The topological polar surface area (TPSA) is 3.24 Å². The van der Waals surface area contributed by atoms with Crippen LogP contribution in [0.25, 0.3) is 0 Å². The highest BCUT2D eigenvalue weighted by Crippen LogP contribution is 2.29. The van der Waals surface area contributed by atoms with Crippen LogP contribution in [0.15, 0.2) is 12.1 Å². The monoisotopic (exact) mass is 325 g/mol. The zero-order valence-corrected chi connectivity index (χ0v) is 16.1. The summed E-state index contributed by atoms with van der Waals surface area (Å²) in [6, 6.07) is 4.60. The summed E-state index contributed by atoms with van der Waals surface area (Å²) in [5.41, 5.74) is 3.46. The predicted molar refractivity (Wildman–Crippen MR) is 98.9 cm³/mol. The van der Waals surface area contributed by atoms with Gasteiger partial charge in [-0.15, -0.1) is 0 Å². The number of hydrogen-bond acceptors (Lipinski definition) is 2. The summed E-state index contributed by atoms with van der Waals surface area (Å²) in [6.45, 7) is 11.0. The first-order chi connectivity index (χ1) is 10.2. The number of hydrogen-bond donors (Lipinski definition) is 0. The summed E-state index contributed by atoms with van der Waals surface area (Å²) in [7, 11) is 2.20. The minimum absolute atomic E-state index is 0.500. The van der Waals surface area contributed by atoms with Crippen LogP contribution in [0.2, 0.25) is 0 Å². The summed E-state index contributed by atoms with van der Waals surface area (Å²) in [6.07, 6.45) is 4.14. The minimum Gasteiger partial charge on any atom is -0.303 e. The number of likely N-dealkylation sites (N-methyl/N-ethyl adjacent to an activating group) is 1. The summed E-state index contributed by atoms with van der Waals surface area (Å²) in [5, 5.41) is 0. The van der Waals surface area contributed by atoms with Crippen molar-refractivity contribution in [3.05, 3.63) is 34.4 Å². The number of halogens is 1. The average molecular weight is 326 g/mol. The molecule has 0 amide bonds. The van der Waals surface area contributed by atoms with Gasteiger partial charge in [0.15, 0.2) is 0 Å². The van der Waals surface area contributed by atoms with Crippen LogP contribution in [0.3, 0.4) is 0 Å². The van der Waals surface area contributed by atoms with Crippen molar-refractivity contribution in [2.45, 2.75) is 59.2 Å². The van der Waals surface area contributed by atoms with E-state index in [-0.39, 0.29) is 0 Å². The lowest BCUT2D eigenvalue weighted by Gasteiger charge is -2.27. The molecule has 0 aliphatic carbocycles. The number of rotatable bonds is 8. The van der Waals surface area contributed by atoms with Gasteiger partial charge in [0.05, 0.1) is 0 Å². The summed E-state index contributed by atoms with van der Waals surface area (Å²) >= 11 is 1.89. The first kappa shape index (κ1) is 19.5. The SMILES string of the molecule is CCc1cc(C(C)(C)F)cc(C)c1CC(C)N(C)CCSC. The fourth-order valence-electron chi connectivity index (χ4n) is 2.75. The molecule has 3 heteroatoms. The Kier molecular flexibility index (Phi) is 7.40. The van der Waals surface area contributed by atoms with Gasteiger partial charge < -0.3 is 4.90 Å². The molecule has 0 saturated carbocycles. The van der Waals surface area contributed by atoms with Crippen molar-refractivity contribution >= 4 is 11.8 Å². The van der Waals surface area contributed by atoms with Gasteiger partial charge in [0.1, 0.15) is 5.67 Å². The third-order valence-corrected chi connectivity index (χ3v) is 5.12. The van der Waals surface area contributed by atoms with E-state index in [0.29, 0.717) is 6.04 Å². The van der Waals surface area contributed by atoms with E-state index >= 15 is 0 Å². The summed E-state index contributed by atoms with van der Waals surface area (Å²) in [4.78, 5) is 2.42. The molecule has 0 fully saturated rings. The molecule has 0 heterocycles. The Labute approximate surface area is 140 Å². The van der Waals surface area contributed by atoms with Gasteiger partial charge in [0.2, 0.25) is 0 Å². The Balaban J connectivity index is 2.99. The summed E-state index contributed by atoms with van der Waals surface area (Å²) in [5.74, 6) is 1.16. The lowest BCUT2D eigenvalue weighted by atomic mass is 9.88. The summed E-state index contributed by atoms with van der Waals surface area (Å²) < 4.78 is 14.3. The molecule has 0 spiro atoms. The fraction of sp³-hybridized carbons (Fsp3) is 0.684. The number of nitrogens with zero attached hydrogens (tertiary/aromatic N) is 1. The molecule has 1 unspecified atom stereocenters. The Hall–Kier alpha value is -0.540. The molecule has 0 aromatic heterocycles. The molecule has 0 N–H and O–H groups in total. The van der Waals surface area contributed by atoms with Gasteiger partial charge >= 0.3 is 0 Å². The highest BCUT2D eigenvalue weighted by Gasteiger charge is 2.22. The number of benzene rings is 1. The quantitative estimate of drug-likeness (QED) is 0.662. The van der Waals surface area contributed by atoms with E-state index < -0.39 is 5.67 Å². The number of thioether (sulfide) groups is 1. The molecule has 1 atom stereocenters. The van der Waals surface area contributed by atoms with Gasteiger partial charge in [-0.1, -0.05) is 19.1 Å². The highest BCUT2D eigenvalue weighted by atomic mass is 32.2. The lowest BCUT2D eigenvalue weighted by molar-refractivity contribution is 0.221. The van der Waals surface area contributed by atoms with Crippen LogP contribution in [0.1, 0.15) is 49.9 Å². The van der Waals surface area contributed by atoms with Crippen LogP contribution in [0.4, 0.5) is 4.39 Å². The normalized spacial score (nSPS) is 13.7. The Bertz CT molecular complexity index is 479. The maximum absolute atomic E-state index is 14.3. The van der Waals surface area contributed by atoms with Crippen LogP contribution in [-0.2, 0) is 18.5 Å². The average Bonchev–Trinajstić information content (AvgIpc) is 2.45. The number of alkyl halides is 1. The van der Waals surface area contributed by atoms with Crippen molar-refractivity contribution < 1.29 is 4.39 Å². The zero-order chi connectivity index (χ0) is 16.9. The third-order valence-electron chi connectivity index (χ3n) is 4.53. The van der Waals surface area contributed by atoms with E-state index in [9.17, 15) is 4.39 Å². The van der Waals surface area contributed by atoms with E-state index in [1.54, 1.807) is 13.8 Å². The molecule has 126 valence electrons. The predicted octanol–water partition coefficient (Wildman–Crippen LogP) is 4.99. The Morgan fingerprint density at radius 2 is 1.95 bits per heavy atom. The molecule has 0 aliphatic heterocycles. The second-order valence-electron chi connectivity index (χ2n) is 6.78. The smallest absolute Gasteiger partial charge is 0.130 e. The van der Waals surface area contributed by atoms with Crippen LogP contribution >= 0.6 is 11.8 Å². The molecule has 0 aliphatic rings. The van der Waals surface area contributed by atoms with Crippen LogP contribution in [0, 0.1) is 6.92 Å². The van der Waals surface area contributed by atoms with E-state index in [1.807, 2.05) is 17.8 Å². The number of aryl methyl sites for hydroxylation is 2. The first-order valence-corrected chi connectivity index (χ1v) is 9.61. The van der Waals surface area contributed by atoms with Crippen molar-refractivity contribution in [1.29, 1.82) is 0 Å². The van der Waals surface area contributed by atoms with Crippen molar-refractivity contribution in [3.63, 3.8) is 0 Å².